The minimum absolute atomic E-state index is 0. The number of ketones is 1. The van der Waals surface area contributed by atoms with Gasteiger partial charge in [-0.3, -0.25) is 4.79 Å². The monoisotopic (exact) mass is 280 g/mol. The van der Waals surface area contributed by atoms with Crippen LogP contribution in [0.15, 0.2) is 18.2 Å². The van der Waals surface area contributed by atoms with Crippen molar-refractivity contribution < 1.29 is 47.3 Å². The van der Waals surface area contributed by atoms with Crippen LogP contribution in [0.1, 0.15) is 12.0 Å². The summed E-state index contributed by atoms with van der Waals surface area (Å²) in [6, 6.07) is 8.39. The summed E-state index contributed by atoms with van der Waals surface area (Å²) in [5.74, 6) is 0.491. The van der Waals surface area contributed by atoms with Crippen molar-refractivity contribution in [2.45, 2.75) is 18.9 Å². The molecule has 0 aromatic heterocycles. The smallest absolute Gasteiger partial charge is 0.198 e. The summed E-state index contributed by atoms with van der Waals surface area (Å²) in [5, 5.41) is 8.70. The van der Waals surface area contributed by atoms with E-state index in [1.54, 1.807) is 12.1 Å². The Morgan fingerprint density at radius 2 is 2.47 bits per heavy atom. The number of benzene rings is 1. The van der Waals surface area contributed by atoms with Gasteiger partial charge < -0.3 is 9.84 Å². The first-order chi connectivity index (χ1) is 6.81. The first kappa shape index (κ1) is 12.8. The van der Waals surface area contributed by atoms with E-state index in [1.807, 2.05) is 6.07 Å². The molecule has 0 aliphatic carbocycles. The van der Waals surface area contributed by atoms with Gasteiger partial charge in [-0.1, -0.05) is 6.42 Å². The number of carbonyl (C=O) groups is 1. The number of carbonyl (C=O) groups excluding carboxylic acids is 1. The van der Waals surface area contributed by atoms with Crippen LogP contribution in [0.25, 0.3) is 0 Å². The number of fused-ring (bicyclic) bond motifs is 1. The number of Topliss-reactive ketones (excluding diaryl/α,β-unsaturated/α-hetero) is 1. The number of ether oxygens (including phenoxy) is 1. The zero-order valence-corrected chi connectivity index (χ0v) is 11.1. The zero-order valence-electron chi connectivity index (χ0n) is 8.27. The third-order valence-electron chi connectivity index (χ3n) is 2.37. The van der Waals surface area contributed by atoms with Crippen LogP contribution in [-0.4, -0.2) is 23.6 Å². The maximum absolute atomic E-state index is 11.2. The normalized spacial score (nSPS) is 18.3. The molecule has 1 N–H and O–H groups in total. The van der Waals surface area contributed by atoms with E-state index in [9.17, 15) is 4.79 Å². The molecule has 1 aromatic carbocycles. The van der Waals surface area contributed by atoms with E-state index in [1.165, 1.54) is 0 Å². The molecule has 1 aliphatic rings. The Morgan fingerprint density at radius 1 is 1.67 bits per heavy atom. The molecular weight excluding hydrogens is 269 g/mol. The van der Waals surface area contributed by atoms with Crippen LogP contribution in [0.5, 0.6) is 5.75 Å². The van der Waals surface area contributed by atoms with Crippen molar-refractivity contribution in [3.8, 4) is 5.75 Å². The molecule has 1 aliphatic heterocycles. The molecule has 0 saturated carbocycles. The largest absolute Gasteiger partial charge is 0.508 e. The van der Waals surface area contributed by atoms with E-state index in [0.29, 0.717) is 6.42 Å². The average Bonchev–Trinajstić information content (AvgIpc) is 2.27. The molecule has 0 bridgehead atoms. The van der Waals surface area contributed by atoms with Crippen molar-refractivity contribution in [3.05, 3.63) is 29.8 Å². The zero-order chi connectivity index (χ0) is 9.97. The van der Waals surface area contributed by atoms with Crippen LogP contribution in [0.3, 0.4) is 0 Å². The maximum Gasteiger partial charge on any atom is 0.198 e. The number of aliphatic hydroxyl groups is 1. The van der Waals surface area contributed by atoms with Gasteiger partial charge in [0.25, 0.3) is 0 Å². The van der Waals surface area contributed by atoms with E-state index >= 15 is 0 Å². The van der Waals surface area contributed by atoms with Crippen LogP contribution < -0.4 is 4.74 Å². The number of hydrogen-bond donors (Lipinski definition) is 1. The summed E-state index contributed by atoms with van der Waals surface area (Å²) < 4.78 is 5.46. The molecule has 1 unspecified atom stereocenters. The minimum atomic E-state index is -0.477. The van der Waals surface area contributed by atoms with Crippen molar-refractivity contribution in [3.63, 3.8) is 0 Å². The second kappa shape index (κ2) is 5.73. The Morgan fingerprint density at radius 3 is 3.20 bits per heavy atom. The van der Waals surface area contributed by atoms with E-state index in [2.05, 4.69) is 6.07 Å². The Hall–Kier alpha value is -0.246. The summed E-state index contributed by atoms with van der Waals surface area (Å²) in [7, 11) is 0. The molecule has 1 aromatic rings. The fourth-order valence-electron chi connectivity index (χ4n) is 1.59. The van der Waals surface area contributed by atoms with E-state index in [4.69, 9.17) is 9.84 Å². The van der Waals surface area contributed by atoms with E-state index in [-0.39, 0.29) is 38.5 Å². The van der Waals surface area contributed by atoms with Crippen molar-refractivity contribution in [1.82, 2.24) is 0 Å². The Balaban J connectivity index is 0.00000112. The number of hydrogen-bond acceptors (Lipinski definition) is 3. The molecule has 1 atom stereocenters. The Kier molecular flexibility index (Phi) is 4.90. The molecule has 0 spiro atoms. The van der Waals surface area contributed by atoms with Crippen LogP contribution in [0.4, 0.5) is 0 Å². The summed E-state index contributed by atoms with van der Waals surface area (Å²) in [5.41, 5.74) is 1.08. The molecule has 4 heteroatoms. The van der Waals surface area contributed by atoms with Gasteiger partial charge in [0.2, 0.25) is 0 Å². The first-order valence-corrected chi connectivity index (χ1v) is 4.60. The van der Waals surface area contributed by atoms with Gasteiger partial charge >= 0.3 is 0 Å². The summed E-state index contributed by atoms with van der Waals surface area (Å²) in [6.07, 6.45) is 0.975. The van der Waals surface area contributed by atoms with E-state index < -0.39 is 12.7 Å². The molecule has 77 valence electrons. The van der Waals surface area contributed by atoms with Crippen LogP contribution in [0.2, 0.25) is 0 Å². The SMILES string of the molecule is O=C(CO)C1CCc2c[c-]ccc2O1.[Y]. The van der Waals surface area contributed by atoms with Crippen molar-refractivity contribution in [1.29, 1.82) is 0 Å². The van der Waals surface area contributed by atoms with E-state index in [0.717, 1.165) is 17.7 Å². The summed E-state index contributed by atoms with van der Waals surface area (Å²) in [4.78, 5) is 11.2. The average molecular weight is 280 g/mol. The number of rotatable bonds is 2. The second-order valence-corrected chi connectivity index (χ2v) is 3.30. The third kappa shape index (κ3) is 2.86. The molecule has 1 radical (unpaired) electrons. The van der Waals surface area contributed by atoms with Crippen molar-refractivity contribution in [2.24, 2.45) is 0 Å². The molecule has 2 rings (SSSR count). The maximum atomic E-state index is 11.2. The summed E-state index contributed by atoms with van der Waals surface area (Å²) in [6.45, 7) is -0.445. The number of aliphatic hydroxyl groups excluding tert-OH is 1. The topological polar surface area (TPSA) is 46.5 Å². The minimum Gasteiger partial charge on any atom is -0.508 e. The molecule has 0 fully saturated rings. The van der Waals surface area contributed by atoms with Crippen molar-refractivity contribution >= 4 is 5.78 Å². The molecule has 0 amide bonds. The van der Waals surface area contributed by atoms with Gasteiger partial charge in [-0.25, -0.2) is 0 Å². The van der Waals surface area contributed by atoms with Gasteiger partial charge in [-0.05, 0) is 6.42 Å². The third-order valence-corrected chi connectivity index (χ3v) is 2.37. The molecular formula is C11H11O3Y-. The summed E-state index contributed by atoms with van der Waals surface area (Å²) >= 11 is 0. The molecule has 3 nitrogen and oxygen atoms in total. The van der Waals surface area contributed by atoms with Gasteiger partial charge in [-0.2, -0.15) is 18.2 Å². The molecule has 1 heterocycles. The van der Waals surface area contributed by atoms with Gasteiger partial charge in [0, 0.05) is 38.5 Å². The van der Waals surface area contributed by atoms with Crippen LogP contribution in [-0.2, 0) is 43.9 Å². The van der Waals surface area contributed by atoms with Crippen LogP contribution >= 0.6 is 0 Å². The van der Waals surface area contributed by atoms with Gasteiger partial charge in [0.05, 0.1) is 0 Å². The Labute approximate surface area is 114 Å². The quantitative estimate of drug-likeness (QED) is 0.813. The van der Waals surface area contributed by atoms with Gasteiger partial charge in [0.15, 0.2) is 11.9 Å². The Bertz CT molecular complexity index is 351. The van der Waals surface area contributed by atoms with Crippen LogP contribution in [0, 0.1) is 6.07 Å². The fourth-order valence-corrected chi connectivity index (χ4v) is 1.59. The predicted octanol–water partition coefficient (Wildman–Crippen LogP) is 0.739. The predicted molar refractivity (Wildman–Crippen MR) is 50.1 cm³/mol. The van der Waals surface area contributed by atoms with Crippen molar-refractivity contribution in [2.75, 3.05) is 6.61 Å². The first-order valence-electron chi connectivity index (χ1n) is 4.60. The molecule has 15 heavy (non-hydrogen) atoms. The second-order valence-electron chi connectivity index (χ2n) is 3.30. The van der Waals surface area contributed by atoms with Gasteiger partial charge in [0.1, 0.15) is 6.61 Å². The number of aryl methyl sites for hydroxylation is 1. The standard InChI is InChI=1S/C11H11O3.Y/c12-7-9(13)11-6-5-8-3-1-2-4-10(8)14-11;/h2-4,11-12H,5-7H2;/q-1;. The van der Waals surface area contributed by atoms with Gasteiger partial charge in [-0.15, -0.1) is 11.6 Å². The molecule has 0 saturated heterocycles. The fraction of sp³-hybridized carbons (Fsp3) is 0.364.